The molecule has 6 heteroatoms. The Morgan fingerprint density at radius 1 is 0.444 bits per heavy atom. The van der Waals surface area contributed by atoms with E-state index in [0.717, 1.165) is 67.9 Å². The highest BCUT2D eigenvalue weighted by Gasteiger charge is 2.33. The summed E-state index contributed by atoms with van der Waals surface area (Å²) in [6, 6.07) is 75.8. The molecule has 2 aliphatic rings. The lowest BCUT2D eigenvalue weighted by Gasteiger charge is -2.38. The van der Waals surface area contributed by atoms with Crippen LogP contribution in [0.4, 0.5) is 28.4 Å². The van der Waals surface area contributed by atoms with Gasteiger partial charge in [-0.2, -0.15) is 0 Å². The Hall–Kier alpha value is -8.35. The van der Waals surface area contributed by atoms with Crippen molar-refractivity contribution in [2.75, 3.05) is 9.80 Å². The summed E-state index contributed by atoms with van der Waals surface area (Å²) in [6.07, 6.45) is 5.13. The number of allylic oxidation sites excluding steroid dienone is 2. The number of aromatic nitrogens is 3. The number of nitrogens with zero attached hydrogens (tertiary/aromatic N) is 5. The second-order valence-electron chi connectivity index (χ2n) is 15.6. The van der Waals surface area contributed by atoms with Crippen molar-refractivity contribution in [3.05, 3.63) is 248 Å². The lowest BCUT2D eigenvalue weighted by molar-refractivity contribution is 0.413. The monoisotopic (exact) mass is 811 g/mol. The van der Waals surface area contributed by atoms with Gasteiger partial charge in [-0.1, -0.05) is 170 Å². The van der Waals surface area contributed by atoms with E-state index in [4.69, 9.17) is 19.7 Å². The fourth-order valence-electron chi connectivity index (χ4n) is 8.46. The number of hydrogen-bond acceptors (Lipinski definition) is 6. The molecule has 1 aromatic heterocycles. The van der Waals surface area contributed by atoms with Gasteiger partial charge in [0.15, 0.2) is 17.4 Å². The van der Waals surface area contributed by atoms with Gasteiger partial charge in [0.2, 0.25) is 0 Å². The number of benzene rings is 8. The Morgan fingerprint density at radius 2 is 0.889 bits per heavy atom. The molecule has 11 rings (SSSR count). The predicted molar refractivity (Wildman–Crippen MR) is 255 cm³/mol. The highest BCUT2D eigenvalue weighted by Crippen LogP contribution is 2.49. The largest absolute Gasteiger partial charge is 0.453 e. The standard InChI is InChI=1S/C57H41N5O/c1-6-16-40(17-7-1)42-26-31-48(32-27-42)61(49-33-28-43(29-34-49)41-18-8-2-9-19-41)50-35-37-52-54(39-50)63-53-38-46(30-36-51(53)62(52)47-24-14-5-15-25-47)57-59-55(44-20-10-3-11-21-44)58-56(60-57)45-22-12-4-13-23-45/h1-29,31-39,46H,30H2. The van der Waals surface area contributed by atoms with Gasteiger partial charge in [0, 0.05) is 45.9 Å². The average Bonchev–Trinajstić information content (AvgIpc) is 3.37. The highest BCUT2D eigenvalue weighted by atomic mass is 16.5. The first-order chi connectivity index (χ1) is 31.2. The highest BCUT2D eigenvalue weighted by molar-refractivity contribution is 5.85. The van der Waals surface area contributed by atoms with Crippen LogP contribution in [-0.2, 0) is 0 Å². The van der Waals surface area contributed by atoms with Crippen molar-refractivity contribution in [2.45, 2.75) is 12.3 Å². The Morgan fingerprint density at radius 3 is 1.40 bits per heavy atom. The summed E-state index contributed by atoms with van der Waals surface area (Å²) in [4.78, 5) is 19.7. The zero-order chi connectivity index (χ0) is 42.0. The summed E-state index contributed by atoms with van der Waals surface area (Å²) in [5.74, 6) is 3.34. The number of hydrogen-bond donors (Lipinski definition) is 0. The maximum Gasteiger partial charge on any atom is 0.163 e. The van der Waals surface area contributed by atoms with Crippen LogP contribution in [0, 0.1) is 0 Å². The van der Waals surface area contributed by atoms with Gasteiger partial charge in [-0.3, -0.25) is 0 Å². The van der Waals surface area contributed by atoms with Crippen LogP contribution in [0.3, 0.4) is 0 Å². The van der Waals surface area contributed by atoms with Crippen molar-refractivity contribution in [3.8, 4) is 50.8 Å². The lowest BCUT2D eigenvalue weighted by Crippen LogP contribution is -2.28. The van der Waals surface area contributed by atoms with Crippen LogP contribution in [0.2, 0.25) is 0 Å². The molecule has 0 fully saturated rings. The molecule has 0 spiro atoms. The molecule has 0 bridgehead atoms. The van der Waals surface area contributed by atoms with E-state index in [0.29, 0.717) is 23.9 Å². The minimum Gasteiger partial charge on any atom is -0.453 e. The van der Waals surface area contributed by atoms with Crippen molar-refractivity contribution in [3.63, 3.8) is 0 Å². The van der Waals surface area contributed by atoms with E-state index in [1.165, 1.54) is 11.1 Å². The number of rotatable bonds is 9. The molecular weight excluding hydrogens is 771 g/mol. The maximum absolute atomic E-state index is 7.04. The minimum atomic E-state index is -0.151. The molecule has 0 amide bonds. The van der Waals surface area contributed by atoms with E-state index in [-0.39, 0.29) is 5.92 Å². The van der Waals surface area contributed by atoms with E-state index in [1.54, 1.807) is 0 Å². The van der Waals surface area contributed by atoms with Crippen LogP contribution < -0.4 is 14.5 Å². The van der Waals surface area contributed by atoms with Gasteiger partial charge in [0.05, 0.1) is 11.4 Å². The SMILES string of the molecule is C1=C2Oc3cc(N(c4ccc(-c5ccccc5)cc4)c4ccc(-c5ccccc5)cc4)ccc3N(c3ccccc3)C2=CCC1c1nc(-c2ccccc2)nc(-c2ccccc2)n1. The number of para-hydroxylation sites is 1. The van der Waals surface area contributed by atoms with Crippen molar-refractivity contribution in [2.24, 2.45) is 0 Å². The molecule has 8 aromatic carbocycles. The summed E-state index contributed by atoms with van der Waals surface area (Å²) >= 11 is 0. The van der Waals surface area contributed by atoms with Crippen molar-refractivity contribution >= 4 is 28.4 Å². The van der Waals surface area contributed by atoms with Crippen LogP contribution in [0.25, 0.3) is 45.0 Å². The molecule has 9 aromatic rings. The van der Waals surface area contributed by atoms with Gasteiger partial charge in [-0.15, -0.1) is 0 Å². The van der Waals surface area contributed by atoms with Gasteiger partial charge in [0.25, 0.3) is 0 Å². The molecule has 6 nitrogen and oxygen atoms in total. The minimum absolute atomic E-state index is 0.151. The molecule has 0 radical (unpaired) electrons. The Labute approximate surface area is 367 Å². The maximum atomic E-state index is 7.04. The molecule has 0 N–H and O–H groups in total. The zero-order valence-corrected chi connectivity index (χ0v) is 34.4. The van der Waals surface area contributed by atoms with E-state index >= 15 is 0 Å². The molecule has 2 heterocycles. The van der Waals surface area contributed by atoms with Crippen LogP contribution >= 0.6 is 0 Å². The summed E-state index contributed by atoms with van der Waals surface area (Å²) < 4.78 is 7.04. The lowest BCUT2D eigenvalue weighted by atomic mass is 9.95. The fraction of sp³-hybridized carbons (Fsp3) is 0.0351. The van der Waals surface area contributed by atoms with Gasteiger partial charge in [-0.25, -0.2) is 15.0 Å². The van der Waals surface area contributed by atoms with Gasteiger partial charge in [-0.05, 0) is 83.3 Å². The van der Waals surface area contributed by atoms with Gasteiger partial charge < -0.3 is 14.5 Å². The summed E-state index contributed by atoms with van der Waals surface area (Å²) in [5, 5.41) is 0. The Kier molecular flexibility index (Phi) is 9.92. The molecule has 1 unspecified atom stereocenters. The second kappa shape index (κ2) is 16.6. The second-order valence-corrected chi connectivity index (χ2v) is 15.6. The zero-order valence-electron chi connectivity index (χ0n) is 34.4. The van der Waals surface area contributed by atoms with Crippen LogP contribution in [0.5, 0.6) is 5.75 Å². The molecule has 1 atom stereocenters. The first-order valence-corrected chi connectivity index (χ1v) is 21.3. The number of anilines is 5. The van der Waals surface area contributed by atoms with Crippen molar-refractivity contribution < 1.29 is 4.74 Å². The quantitative estimate of drug-likeness (QED) is 0.145. The predicted octanol–water partition coefficient (Wildman–Crippen LogP) is 14.5. The first kappa shape index (κ1) is 37.6. The van der Waals surface area contributed by atoms with Crippen molar-refractivity contribution in [1.82, 2.24) is 15.0 Å². The average molecular weight is 812 g/mol. The van der Waals surface area contributed by atoms with Crippen molar-refractivity contribution in [1.29, 1.82) is 0 Å². The summed E-state index contributed by atoms with van der Waals surface area (Å²) in [5.41, 5.74) is 12.6. The van der Waals surface area contributed by atoms with Crippen LogP contribution in [0.1, 0.15) is 18.2 Å². The molecule has 63 heavy (non-hydrogen) atoms. The fourth-order valence-corrected chi connectivity index (χ4v) is 8.46. The number of ether oxygens (including phenoxy) is 1. The number of fused-ring (bicyclic) bond motifs is 2. The van der Waals surface area contributed by atoms with Gasteiger partial charge in [0.1, 0.15) is 11.6 Å². The molecule has 1 aliphatic heterocycles. The summed E-state index contributed by atoms with van der Waals surface area (Å²) in [6.45, 7) is 0. The topological polar surface area (TPSA) is 54.4 Å². The molecule has 300 valence electrons. The van der Waals surface area contributed by atoms with Crippen LogP contribution in [0.15, 0.2) is 242 Å². The summed E-state index contributed by atoms with van der Waals surface area (Å²) in [7, 11) is 0. The Balaban J connectivity index is 1.01. The van der Waals surface area contributed by atoms with E-state index < -0.39 is 0 Å². The molecule has 0 saturated carbocycles. The van der Waals surface area contributed by atoms with E-state index in [9.17, 15) is 0 Å². The third-order valence-electron chi connectivity index (χ3n) is 11.6. The third-order valence-corrected chi connectivity index (χ3v) is 11.6. The van der Waals surface area contributed by atoms with E-state index in [1.807, 2.05) is 60.7 Å². The first-order valence-electron chi connectivity index (χ1n) is 21.3. The third kappa shape index (κ3) is 7.55. The smallest absolute Gasteiger partial charge is 0.163 e. The Bertz CT molecular complexity index is 2940. The molecule has 1 aliphatic carbocycles. The molecular formula is C57H41N5O. The van der Waals surface area contributed by atoms with E-state index in [2.05, 4.69) is 180 Å². The molecule has 0 saturated heterocycles. The van der Waals surface area contributed by atoms with Crippen LogP contribution in [-0.4, -0.2) is 15.0 Å². The van der Waals surface area contributed by atoms with Gasteiger partial charge >= 0.3 is 0 Å². The normalized spacial score (nSPS) is 14.1.